The van der Waals surface area contributed by atoms with Gasteiger partial charge >= 0.3 is 6.09 Å². The Morgan fingerprint density at radius 1 is 0.824 bits per heavy atom. The molecule has 7 rings (SSSR count). The minimum absolute atomic E-state index is 0.00605. The zero-order valence-corrected chi connectivity index (χ0v) is 39.3. The third-order valence-corrected chi connectivity index (χ3v) is 13.0. The number of carbonyl (C=O) groups is 1. The first-order valence-corrected chi connectivity index (χ1v) is 24.2. The van der Waals surface area contributed by atoms with E-state index in [1.54, 1.807) is 11.0 Å². The first kappa shape index (κ1) is 50.3. The van der Waals surface area contributed by atoms with Gasteiger partial charge in [-0.3, -0.25) is 4.90 Å². The standard InChI is InChI=1S/C55H68N2O11/c1-3-31-65-55-51(57(27-32-62-33-30-60)54(61)64-35-34-63-39-40-15-7-5-8-16-40)38-49(56-66-4-2)47-36-43(19-11-13-28-58)46(20-12-14-29-59)52(53(47)55)48-37-45(25-26-50(48)68-55)67-44-23-21-42(22-24-44)41-17-9-6-10-18-41/h3,5-10,15-18,21-26,36-37,43,46,51-53,58-60H,1,4,11-14,19-20,27-35,38-39H2,2H3. The molecule has 6 atom stereocenters. The zero-order valence-electron chi connectivity index (χ0n) is 39.3. The van der Waals surface area contributed by atoms with Gasteiger partial charge < -0.3 is 48.6 Å². The van der Waals surface area contributed by atoms with Crippen molar-refractivity contribution in [2.24, 2.45) is 22.9 Å². The summed E-state index contributed by atoms with van der Waals surface area (Å²) in [6.07, 6.45) is 8.07. The molecule has 2 aliphatic carbocycles. The molecular weight excluding hydrogens is 865 g/mol. The average molecular weight is 933 g/mol. The fraction of sp³-hybridized carbons (Fsp3) is 0.455. The molecule has 1 fully saturated rings. The molecule has 364 valence electrons. The molecule has 4 aromatic rings. The minimum Gasteiger partial charge on any atom is -0.459 e. The first-order valence-electron chi connectivity index (χ1n) is 24.2. The molecule has 0 spiro atoms. The molecule has 13 nitrogen and oxygen atoms in total. The fourth-order valence-corrected chi connectivity index (χ4v) is 10.1. The minimum atomic E-state index is -1.50. The molecule has 3 N–H and O–H groups in total. The number of carbonyl (C=O) groups excluding carboxylic acids is 1. The van der Waals surface area contributed by atoms with Crippen LogP contribution in [0.5, 0.6) is 17.2 Å². The van der Waals surface area contributed by atoms with E-state index < -0.39 is 23.8 Å². The Morgan fingerprint density at radius 2 is 1.54 bits per heavy atom. The van der Waals surface area contributed by atoms with Crippen LogP contribution in [0.4, 0.5) is 4.79 Å². The van der Waals surface area contributed by atoms with Crippen molar-refractivity contribution in [2.45, 2.75) is 76.2 Å². The summed E-state index contributed by atoms with van der Waals surface area (Å²) >= 11 is 0. The van der Waals surface area contributed by atoms with Gasteiger partial charge in [0, 0.05) is 37.7 Å². The summed E-state index contributed by atoms with van der Waals surface area (Å²) in [6.45, 7) is 7.15. The van der Waals surface area contributed by atoms with Gasteiger partial charge in [-0.1, -0.05) is 103 Å². The number of hydrogen-bond acceptors (Lipinski definition) is 12. The number of rotatable bonds is 27. The maximum atomic E-state index is 14.7. The molecule has 3 aliphatic rings. The van der Waals surface area contributed by atoms with Gasteiger partial charge in [0.1, 0.15) is 36.5 Å². The van der Waals surface area contributed by atoms with Crippen LogP contribution in [0.1, 0.15) is 68.9 Å². The second-order valence-electron chi connectivity index (χ2n) is 17.4. The topological polar surface area (TPSA) is 158 Å². The predicted molar refractivity (Wildman–Crippen MR) is 261 cm³/mol. The van der Waals surface area contributed by atoms with Gasteiger partial charge in [-0.2, -0.15) is 0 Å². The highest BCUT2D eigenvalue weighted by molar-refractivity contribution is 6.03. The number of fused-ring (bicyclic) bond motifs is 2. The van der Waals surface area contributed by atoms with Crippen molar-refractivity contribution in [3.05, 3.63) is 139 Å². The Balaban J connectivity index is 1.32. The van der Waals surface area contributed by atoms with Crippen LogP contribution < -0.4 is 9.47 Å². The molecule has 68 heavy (non-hydrogen) atoms. The average Bonchev–Trinajstić information content (AvgIpc) is 3.37. The molecule has 1 heterocycles. The van der Waals surface area contributed by atoms with Crippen LogP contribution in [0, 0.1) is 17.8 Å². The number of unbranched alkanes of at least 4 members (excludes halogenated alkanes) is 2. The van der Waals surface area contributed by atoms with Gasteiger partial charge in [0.05, 0.1) is 51.3 Å². The van der Waals surface area contributed by atoms with E-state index in [1.165, 1.54) is 0 Å². The van der Waals surface area contributed by atoms with Crippen molar-refractivity contribution in [2.75, 3.05) is 66.0 Å². The van der Waals surface area contributed by atoms with Crippen molar-refractivity contribution in [1.29, 1.82) is 0 Å². The Morgan fingerprint density at radius 3 is 2.26 bits per heavy atom. The molecular formula is C55H68N2O11. The summed E-state index contributed by atoms with van der Waals surface area (Å²) in [5, 5.41) is 34.4. The molecule has 0 radical (unpaired) electrons. The molecule has 0 bridgehead atoms. The lowest BCUT2D eigenvalue weighted by molar-refractivity contribution is -0.256. The van der Waals surface area contributed by atoms with E-state index >= 15 is 0 Å². The third kappa shape index (κ3) is 12.4. The van der Waals surface area contributed by atoms with E-state index in [2.05, 4.69) is 43.0 Å². The van der Waals surface area contributed by atoms with E-state index in [1.807, 2.05) is 79.7 Å². The van der Waals surface area contributed by atoms with E-state index in [-0.39, 0.29) is 83.6 Å². The Kier molecular flexibility index (Phi) is 19.0. The molecule has 1 aliphatic heterocycles. The fourth-order valence-electron chi connectivity index (χ4n) is 10.1. The predicted octanol–water partition coefficient (Wildman–Crippen LogP) is 9.46. The Hall–Kier alpha value is -5.54. The van der Waals surface area contributed by atoms with Crippen molar-refractivity contribution in [1.82, 2.24) is 4.90 Å². The van der Waals surface area contributed by atoms with E-state index in [0.29, 0.717) is 49.0 Å². The Bertz CT molecular complexity index is 2240. The highest BCUT2D eigenvalue weighted by Crippen LogP contribution is 2.62. The van der Waals surface area contributed by atoms with Crippen LogP contribution in [-0.4, -0.2) is 110 Å². The number of benzene rings is 4. The zero-order chi connectivity index (χ0) is 47.6. The molecule has 0 aromatic heterocycles. The van der Waals surface area contributed by atoms with Gasteiger partial charge in [0.25, 0.3) is 0 Å². The number of hydrogen-bond donors (Lipinski definition) is 3. The lowest BCUT2D eigenvalue weighted by Gasteiger charge is -2.59. The molecule has 13 heteroatoms. The molecule has 6 unspecified atom stereocenters. The summed E-state index contributed by atoms with van der Waals surface area (Å²) in [6, 6.07) is 33.1. The molecule has 4 aromatic carbocycles. The summed E-state index contributed by atoms with van der Waals surface area (Å²) in [7, 11) is 0. The summed E-state index contributed by atoms with van der Waals surface area (Å²) < 4.78 is 38.8. The Labute approximate surface area is 400 Å². The van der Waals surface area contributed by atoms with Crippen molar-refractivity contribution in [3.63, 3.8) is 0 Å². The smallest absolute Gasteiger partial charge is 0.410 e. The highest BCUT2D eigenvalue weighted by atomic mass is 16.7. The summed E-state index contributed by atoms with van der Waals surface area (Å²) in [5.74, 6) is -0.282. The second kappa shape index (κ2) is 25.7. The monoisotopic (exact) mass is 932 g/mol. The first-order chi connectivity index (χ1) is 33.4. The van der Waals surface area contributed by atoms with Crippen molar-refractivity contribution in [3.8, 4) is 28.4 Å². The van der Waals surface area contributed by atoms with Gasteiger partial charge in [-0.15, -0.1) is 6.58 Å². The molecule has 1 amide bonds. The van der Waals surface area contributed by atoms with Crippen LogP contribution in [-0.2, 0) is 30.4 Å². The highest BCUT2D eigenvalue weighted by Gasteiger charge is 2.65. The van der Waals surface area contributed by atoms with Crippen LogP contribution >= 0.6 is 0 Å². The number of aliphatic hydroxyl groups is 3. The quantitative estimate of drug-likeness (QED) is 0.0297. The summed E-state index contributed by atoms with van der Waals surface area (Å²) in [4.78, 5) is 22.2. The maximum absolute atomic E-state index is 14.7. The lowest BCUT2D eigenvalue weighted by atomic mass is 9.55. The number of aliphatic hydroxyl groups excluding tert-OH is 3. The van der Waals surface area contributed by atoms with Crippen LogP contribution in [0.15, 0.2) is 133 Å². The van der Waals surface area contributed by atoms with Crippen molar-refractivity contribution < 1.29 is 53.4 Å². The van der Waals surface area contributed by atoms with E-state index in [4.69, 9.17) is 38.4 Å². The normalized spacial score (nSPS) is 22.0. The number of nitrogens with zero attached hydrogens (tertiary/aromatic N) is 2. The van der Waals surface area contributed by atoms with Gasteiger partial charge in [-0.25, -0.2) is 4.79 Å². The number of oxime groups is 1. The number of ether oxygens (including phenoxy) is 6. The molecule has 1 saturated carbocycles. The van der Waals surface area contributed by atoms with Gasteiger partial charge in [0.15, 0.2) is 0 Å². The van der Waals surface area contributed by atoms with E-state index in [9.17, 15) is 20.1 Å². The SMILES string of the molecule is C=CCOC12Oc3ccc(Oc4ccc(-c5ccccc5)cc4)cc3C3C(CCCCO)C(CCCCO)C=C(C(=NOCC)CC1N(CCOCCO)C(=O)OCCOCc1ccccc1)C32. The van der Waals surface area contributed by atoms with Gasteiger partial charge in [0.2, 0.25) is 5.79 Å². The number of allylic oxidation sites excluding steroid dienone is 1. The summed E-state index contributed by atoms with van der Waals surface area (Å²) in [5.41, 5.74) is 5.73. The largest absolute Gasteiger partial charge is 0.459 e. The number of amides is 1. The second-order valence-corrected chi connectivity index (χ2v) is 17.4. The van der Waals surface area contributed by atoms with Crippen LogP contribution in [0.3, 0.4) is 0 Å². The van der Waals surface area contributed by atoms with Crippen LogP contribution in [0.2, 0.25) is 0 Å². The van der Waals surface area contributed by atoms with E-state index in [0.717, 1.165) is 53.5 Å². The third-order valence-electron chi connectivity index (χ3n) is 13.0. The maximum Gasteiger partial charge on any atom is 0.410 e. The van der Waals surface area contributed by atoms with Gasteiger partial charge in [-0.05, 0) is 97.0 Å². The lowest BCUT2D eigenvalue weighted by Crippen LogP contribution is -2.70. The van der Waals surface area contributed by atoms with Crippen molar-refractivity contribution >= 4 is 11.8 Å². The van der Waals surface area contributed by atoms with Crippen LogP contribution in [0.25, 0.3) is 11.1 Å². The molecule has 0 saturated heterocycles.